The minimum atomic E-state index is -1.67. The fourth-order valence-corrected chi connectivity index (χ4v) is 2.79. The number of halogens is 3. The average Bonchev–Trinajstić information content (AvgIpc) is 2.69. The second-order valence-corrected chi connectivity index (χ2v) is 6.41. The van der Waals surface area contributed by atoms with E-state index in [-0.39, 0.29) is 12.5 Å². The Morgan fingerprint density at radius 2 is 1.79 bits per heavy atom. The number of carbonyl (C=O) groups is 2. The van der Waals surface area contributed by atoms with Crippen molar-refractivity contribution in [3.8, 4) is 5.75 Å². The second-order valence-electron chi connectivity index (χ2n) is 6.41. The summed E-state index contributed by atoms with van der Waals surface area (Å²) in [5, 5.41) is 2.18. The molecule has 0 radical (unpaired) electrons. The number of nitrogens with one attached hydrogen (secondary N) is 1. The van der Waals surface area contributed by atoms with Gasteiger partial charge in [-0.05, 0) is 56.2 Å². The topological polar surface area (TPSA) is 58.6 Å². The van der Waals surface area contributed by atoms with Gasteiger partial charge in [0.2, 0.25) is 5.91 Å². The summed E-state index contributed by atoms with van der Waals surface area (Å²) in [5.41, 5.74) is 0.670. The molecule has 0 heterocycles. The molecule has 0 spiro atoms. The van der Waals surface area contributed by atoms with Gasteiger partial charge < -0.3 is 15.0 Å². The van der Waals surface area contributed by atoms with Crippen LogP contribution in [0.2, 0.25) is 0 Å². The van der Waals surface area contributed by atoms with Crippen molar-refractivity contribution in [2.24, 2.45) is 0 Å². The van der Waals surface area contributed by atoms with Crippen molar-refractivity contribution in [3.05, 3.63) is 58.9 Å². The summed E-state index contributed by atoms with van der Waals surface area (Å²) in [4.78, 5) is 26.4. The Kier molecular flexibility index (Phi) is 7.64. The monoisotopic (exact) mass is 408 g/mol. The van der Waals surface area contributed by atoms with Crippen LogP contribution in [0.5, 0.6) is 5.75 Å². The van der Waals surface area contributed by atoms with Crippen molar-refractivity contribution in [3.63, 3.8) is 0 Å². The molecule has 0 aromatic heterocycles. The predicted octanol–water partition coefficient (Wildman–Crippen LogP) is 4.30. The molecule has 2 aromatic carbocycles. The van der Waals surface area contributed by atoms with Gasteiger partial charge in [-0.3, -0.25) is 9.59 Å². The maximum atomic E-state index is 13.8. The van der Waals surface area contributed by atoms with Crippen LogP contribution in [0.4, 0.5) is 18.9 Å². The zero-order valence-corrected chi connectivity index (χ0v) is 16.5. The van der Waals surface area contributed by atoms with Crippen LogP contribution in [0.15, 0.2) is 30.3 Å². The molecule has 0 saturated heterocycles. The molecule has 0 aliphatic carbocycles. The predicted molar refractivity (Wildman–Crippen MR) is 103 cm³/mol. The van der Waals surface area contributed by atoms with Gasteiger partial charge in [0.05, 0.1) is 12.3 Å². The maximum absolute atomic E-state index is 13.8. The number of nitrogens with zero attached hydrogens (tertiary/aromatic N) is 1. The third-order valence-corrected chi connectivity index (χ3v) is 4.15. The van der Waals surface area contributed by atoms with Gasteiger partial charge in [0.15, 0.2) is 17.5 Å². The minimum absolute atomic E-state index is 0.290. The lowest BCUT2D eigenvalue weighted by atomic mass is 10.1. The van der Waals surface area contributed by atoms with Crippen molar-refractivity contribution in [1.82, 2.24) is 4.90 Å². The zero-order valence-electron chi connectivity index (χ0n) is 16.5. The van der Waals surface area contributed by atoms with Crippen LogP contribution in [-0.4, -0.2) is 36.4 Å². The molecule has 0 aliphatic heterocycles. The van der Waals surface area contributed by atoms with Crippen LogP contribution >= 0.6 is 0 Å². The summed E-state index contributed by atoms with van der Waals surface area (Å²) in [5.74, 6) is -4.95. The average molecular weight is 408 g/mol. The van der Waals surface area contributed by atoms with E-state index >= 15 is 0 Å². The van der Waals surface area contributed by atoms with Gasteiger partial charge in [-0.25, -0.2) is 13.2 Å². The highest BCUT2D eigenvalue weighted by Gasteiger charge is 2.21. The molecule has 5 nitrogen and oxygen atoms in total. The van der Waals surface area contributed by atoms with Gasteiger partial charge >= 0.3 is 0 Å². The van der Waals surface area contributed by atoms with Gasteiger partial charge in [-0.2, -0.15) is 0 Å². The molecule has 0 fully saturated rings. The molecular weight excluding hydrogens is 385 g/mol. The summed E-state index contributed by atoms with van der Waals surface area (Å²) < 4.78 is 45.6. The summed E-state index contributed by atoms with van der Waals surface area (Å²) in [6.45, 7) is 5.93. The van der Waals surface area contributed by atoms with Crippen LogP contribution in [0.25, 0.3) is 0 Å². The molecule has 0 aliphatic rings. The second kappa shape index (κ2) is 9.95. The van der Waals surface area contributed by atoms with Crippen LogP contribution < -0.4 is 10.1 Å². The molecule has 0 unspecified atom stereocenters. The van der Waals surface area contributed by atoms with Gasteiger partial charge in [0, 0.05) is 12.1 Å². The van der Waals surface area contributed by atoms with Crippen molar-refractivity contribution in [2.75, 3.05) is 25.0 Å². The van der Waals surface area contributed by atoms with E-state index in [4.69, 9.17) is 4.74 Å². The van der Waals surface area contributed by atoms with E-state index in [9.17, 15) is 22.8 Å². The van der Waals surface area contributed by atoms with E-state index in [1.165, 1.54) is 4.90 Å². The molecule has 156 valence electrons. The number of aryl methyl sites for hydroxylation is 1. The van der Waals surface area contributed by atoms with E-state index in [1.807, 2.05) is 20.8 Å². The number of benzene rings is 2. The Morgan fingerprint density at radius 3 is 2.41 bits per heavy atom. The zero-order chi connectivity index (χ0) is 21.6. The number of rotatable bonds is 8. The largest absolute Gasteiger partial charge is 0.494 e. The number of hydrogen-bond acceptors (Lipinski definition) is 3. The standard InChI is InChI=1S/C21H23F3N2O3/c1-4-10-26(21(28)14-6-9-17(29-5-2)13(3)11-14)12-18(27)25-16-8-7-15(22)19(23)20(16)24/h6-9,11H,4-5,10,12H2,1-3H3,(H,25,27). The van der Waals surface area contributed by atoms with E-state index < -0.39 is 29.0 Å². The third kappa shape index (κ3) is 5.49. The van der Waals surface area contributed by atoms with Crippen molar-refractivity contribution in [1.29, 1.82) is 0 Å². The van der Waals surface area contributed by atoms with Crippen molar-refractivity contribution < 1.29 is 27.5 Å². The summed E-state index contributed by atoms with van der Waals surface area (Å²) in [6.07, 6.45) is 0.592. The molecule has 29 heavy (non-hydrogen) atoms. The van der Waals surface area contributed by atoms with Gasteiger partial charge in [-0.15, -0.1) is 0 Å². The van der Waals surface area contributed by atoms with Gasteiger partial charge in [0.1, 0.15) is 12.3 Å². The molecule has 0 saturated carbocycles. The number of ether oxygens (including phenoxy) is 1. The quantitative estimate of drug-likeness (QED) is 0.663. The number of amides is 2. The Bertz CT molecular complexity index is 903. The van der Waals surface area contributed by atoms with Crippen molar-refractivity contribution >= 4 is 17.5 Å². The van der Waals surface area contributed by atoms with E-state index in [0.29, 0.717) is 37.0 Å². The molecular formula is C21H23F3N2O3. The van der Waals surface area contributed by atoms with Crippen molar-refractivity contribution in [2.45, 2.75) is 27.2 Å². The van der Waals surface area contributed by atoms with Crippen LogP contribution in [0, 0.1) is 24.4 Å². The molecule has 1 N–H and O–H groups in total. The van der Waals surface area contributed by atoms with Crippen LogP contribution in [0.3, 0.4) is 0 Å². The Morgan fingerprint density at radius 1 is 1.07 bits per heavy atom. The first-order valence-corrected chi connectivity index (χ1v) is 9.24. The van der Waals surface area contributed by atoms with Gasteiger partial charge in [0.25, 0.3) is 5.91 Å². The molecule has 8 heteroatoms. The first kappa shape index (κ1) is 22.3. The molecule has 2 amide bonds. The Labute approximate surface area is 167 Å². The first-order valence-electron chi connectivity index (χ1n) is 9.24. The van der Waals surface area contributed by atoms with Crippen LogP contribution in [0.1, 0.15) is 36.2 Å². The summed E-state index contributed by atoms with van der Waals surface area (Å²) >= 11 is 0. The lowest BCUT2D eigenvalue weighted by molar-refractivity contribution is -0.116. The molecule has 0 bridgehead atoms. The molecule has 2 aromatic rings. The van der Waals surface area contributed by atoms with E-state index in [0.717, 1.165) is 11.6 Å². The third-order valence-electron chi connectivity index (χ3n) is 4.15. The highest BCUT2D eigenvalue weighted by Crippen LogP contribution is 2.21. The first-order chi connectivity index (χ1) is 13.8. The summed E-state index contributed by atoms with van der Waals surface area (Å²) in [7, 11) is 0. The number of carbonyl (C=O) groups excluding carboxylic acids is 2. The van der Waals surface area contributed by atoms with E-state index in [2.05, 4.69) is 5.32 Å². The Hall–Kier alpha value is -3.03. The number of hydrogen-bond donors (Lipinski definition) is 1. The molecule has 0 atom stereocenters. The molecule has 2 rings (SSSR count). The minimum Gasteiger partial charge on any atom is -0.494 e. The normalized spacial score (nSPS) is 10.6. The lowest BCUT2D eigenvalue weighted by Gasteiger charge is -2.22. The highest BCUT2D eigenvalue weighted by atomic mass is 19.2. The SMILES string of the molecule is CCCN(CC(=O)Nc1ccc(F)c(F)c1F)C(=O)c1ccc(OCC)c(C)c1. The Balaban J connectivity index is 2.15. The van der Waals surface area contributed by atoms with Crippen LogP contribution in [-0.2, 0) is 4.79 Å². The fourth-order valence-electron chi connectivity index (χ4n) is 2.79. The van der Waals surface area contributed by atoms with E-state index in [1.54, 1.807) is 18.2 Å². The number of anilines is 1. The summed E-state index contributed by atoms with van der Waals surface area (Å²) in [6, 6.07) is 6.60. The fraction of sp³-hybridized carbons (Fsp3) is 0.333. The highest BCUT2D eigenvalue weighted by molar-refractivity contribution is 5.99. The smallest absolute Gasteiger partial charge is 0.254 e. The lowest BCUT2D eigenvalue weighted by Crippen LogP contribution is -2.38. The maximum Gasteiger partial charge on any atom is 0.254 e. The van der Waals surface area contributed by atoms with Gasteiger partial charge in [-0.1, -0.05) is 6.92 Å².